The molecule has 6 nitrogen and oxygen atoms in total. The highest BCUT2D eigenvalue weighted by Gasteiger charge is 2.35. The average Bonchev–Trinajstić information content (AvgIpc) is 3.48. The van der Waals surface area contributed by atoms with E-state index < -0.39 is 17.3 Å². The lowest BCUT2D eigenvalue weighted by Crippen LogP contribution is -2.42. The van der Waals surface area contributed by atoms with Crippen LogP contribution in [0.5, 0.6) is 0 Å². The molecule has 1 aromatic carbocycles. The minimum Gasteiger partial charge on any atom is -0.370 e. The van der Waals surface area contributed by atoms with E-state index in [9.17, 15) is 27.2 Å². The minimum absolute atomic E-state index is 0.0870. The number of carbonyl (C=O) groups is 1. The molecule has 3 aliphatic heterocycles. The van der Waals surface area contributed by atoms with Gasteiger partial charge in [0.05, 0.1) is 12.1 Å². The maximum absolute atomic E-state index is 13.2. The Kier molecular flexibility index (Phi) is 6.91. The van der Waals surface area contributed by atoms with Crippen LogP contribution in [0.3, 0.4) is 0 Å². The molecule has 0 radical (unpaired) electrons. The van der Waals surface area contributed by atoms with E-state index in [0.717, 1.165) is 50.8 Å². The number of anilines is 1. The second-order valence-corrected chi connectivity index (χ2v) is 10.2. The van der Waals surface area contributed by atoms with Crippen molar-refractivity contribution in [3.8, 4) is 0 Å². The quantitative estimate of drug-likeness (QED) is 0.563. The van der Waals surface area contributed by atoms with Crippen molar-refractivity contribution in [2.45, 2.75) is 44.6 Å². The van der Waals surface area contributed by atoms with Gasteiger partial charge in [0, 0.05) is 69.2 Å². The Morgan fingerprint density at radius 1 is 0.972 bits per heavy atom. The first-order valence-corrected chi connectivity index (χ1v) is 12.5. The van der Waals surface area contributed by atoms with Gasteiger partial charge in [0.25, 0.3) is 5.56 Å². The van der Waals surface area contributed by atoms with E-state index in [0.29, 0.717) is 30.8 Å². The number of halogens is 4. The number of hydrogen-bond donors (Lipinski definition) is 0. The lowest BCUT2D eigenvalue weighted by molar-refractivity contribution is -0.138. The molecular formula is C26H30F4N4O2. The number of fused-ring (bicyclic) bond motifs is 1. The maximum Gasteiger partial charge on any atom is 0.416 e. The summed E-state index contributed by atoms with van der Waals surface area (Å²) >= 11 is 0. The SMILES string of the molecule is O=C(CC1CCN(C2CCN(c3ccc(F)cc3)C2)C1)CN1CCn2c(cc(C(F)(F)F)cc2=O)C1. The topological polar surface area (TPSA) is 48.8 Å². The van der Waals surface area contributed by atoms with Crippen LogP contribution >= 0.6 is 0 Å². The van der Waals surface area contributed by atoms with Gasteiger partial charge in [-0.05, 0) is 55.6 Å². The molecule has 3 aliphatic rings. The third-order valence-corrected chi connectivity index (χ3v) is 7.67. The number of hydrogen-bond acceptors (Lipinski definition) is 5. The van der Waals surface area contributed by atoms with Gasteiger partial charge < -0.3 is 9.47 Å². The summed E-state index contributed by atoms with van der Waals surface area (Å²) in [5, 5.41) is 0. The van der Waals surface area contributed by atoms with Crippen molar-refractivity contribution in [1.82, 2.24) is 14.4 Å². The summed E-state index contributed by atoms with van der Waals surface area (Å²) in [6, 6.07) is 8.65. The molecule has 1 aromatic heterocycles. The Balaban J connectivity index is 1.11. The summed E-state index contributed by atoms with van der Waals surface area (Å²) in [6.45, 7) is 4.70. The predicted molar refractivity (Wildman–Crippen MR) is 127 cm³/mol. The highest BCUT2D eigenvalue weighted by molar-refractivity contribution is 5.80. The molecule has 0 saturated carbocycles. The van der Waals surface area contributed by atoms with Gasteiger partial charge in [-0.25, -0.2) is 4.39 Å². The number of Topliss-reactive ketones (excluding diaryl/α,β-unsaturated/α-hetero) is 1. The monoisotopic (exact) mass is 506 g/mol. The zero-order valence-corrected chi connectivity index (χ0v) is 20.0. The van der Waals surface area contributed by atoms with Gasteiger partial charge in [0.1, 0.15) is 11.6 Å². The summed E-state index contributed by atoms with van der Waals surface area (Å²) in [6.07, 6.45) is -2.14. The molecule has 5 rings (SSSR count). The highest BCUT2D eigenvalue weighted by Crippen LogP contribution is 2.30. The number of likely N-dealkylation sites (tertiary alicyclic amines) is 1. The Hall–Kier alpha value is -2.72. The van der Waals surface area contributed by atoms with Crippen LogP contribution in [0, 0.1) is 11.7 Å². The molecule has 2 fully saturated rings. The van der Waals surface area contributed by atoms with Crippen LogP contribution in [0.4, 0.5) is 23.2 Å². The highest BCUT2D eigenvalue weighted by atomic mass is 19.4. The zero-order valence-electron chi connectivity index (χ0n) is 20.0. The fraction of sp³-hybridized carbons (Fsp3) is 0.538. The summed E-state index contributed by atoms with van der Waals surface area (Å²) in [7, 11) is 0. The van der Waals surface area contributed by atoms with Crippen molar-refractivity contribution in [2.75, 3.05) is 44.2 Å². The maximum atomic E-state index is 13.2. The molecular weight excluding hydrogens is 476 g/mol. The standard InChI is InChI=1S/C26H30F4N4O2/c27-20-1-3-21(4-2-20)33-8-6-22(16-33)32-7-5-18(14-32)11-24(35)17-31-9-10-34-23(15-31)12-19(13-25(34)36)26(28,29)30/h1-4,12-13,18,22H,5-11,14-17H2. The molecule has 0 bridgehead atoms. The molecule has 2 unspecified atom stereocenters. The Morgan fingerprint density at radius 2 is 1.75 bits per heavy atom. The number of aromatic nitrogens is 1. The van der Waals surface area contributed by atoms with E-state index in [1.54, 1.807) is 0 Å². The number of benzene rings is 1. The zero-order chi connectivity index (χ0) is 25.4. The number of rotatable bonds is 6. The van der Waals surface area contributed by atoms with Crippen LogP contribution in [-0.2, 0) is 24.1 Å². The van der Waals surface area contributed by atoms with Gasteiger partial charge in [-0.3, -0.25) is 19.4 Å². The fourth-order valence-corrected chi connectivity index (χ4v) is 5.81. The third-order valence-electron chi connectivity index (χ3n) is 7.67. The van der Waals surface area contributed by atoms with Crippen molar-refractivity contribution in [3.05, 3.63) is 63.8 Å². The molecule has 2 saturated heterocycles. The molecule has 194 valence electrons. The molecule has 10 heteroatoms. The fourth-order valence-electron chi connectivity index (χ4n) is 5.81. The van der Waals surface area contributed by atoms with Crippen LogP contribution in [0.15, 0.2) is 41.2 Å². The van der Waals surface area contributed by atoms with E-state index in [1.807, 2.05) is 17.0 Å². The van der Waals surface area contributed by atoms with Crippen molar-refractivity contribution in [2.24, 2.45) is 5.92 Å². The molecule has 0 N–H and O–H groups in total. The first-order chi connectivity index (χ1) is 17.2. The number of ketones is 1. The number of carbonyl (C=O) groups excluding carboxylic acids is 1. The van der Waals surface area contributed by atoms with Gasteiger partial charge in [-0.15, -0.1) is 0 Å². The van der Waals surface area contributed by atoms with Crippen molar-refractivity contribution >= 4 is 11.5 Å². The lowest BCUT2D eigenvalue weighted by Gasteiger charge is -2.30. The summed E-state index contributed by atoms with van der Waals surface area (Å²) in [4.78, 5) is 31.5. The smallest absolute Gasteiger partial charge is 0.370 e. The van der Waals surface area contributed by atoms with Gasteiger partial charge >= 0.3 is 6.18 Å². The van der Waals surface area contributed by atoms with E-state index in [4.69, 9.17) is 0 Å². The first-order valence-electron chi connectivity index (χ1n) is 12.5. The molecule has 4 heterocycles. The first kappa shape index (κ1) is 25.0. The number of pyridine rings is 1. The van der Waals surface area contributed by atoms with Crippen LogP contribution in [0.25, 0.3) is 0 Å². The van der Waals surface area contributed by atoms with Crippen LogP contribution < -0.4 is 10.5 Å². The van der Waals surface area contributed by atoms with Crippen molar-refractivity contribution < 1.29 is 22.4 Å². The Bertz CT molecular complexity index is 1160. The van der Waals surface area contributed by atoms with E-state index in [-0.39, 0.29) is 37.2 Å². The second kappa shape index (κ2) is 9.97. The average molecular weight is 507 g/mol. The van der Waals surface area contributed by atoms with Crippen LogP contribution in [0.1, 0.15) is 30.5 Å². The molecule has 2 aromatic rings. The second-order valence-electron chi connectivity index (χ2n) is 10.2. The predicted octanol–water partition coefficient (Wildman–Crippen LogP) is 3.38. The minimum atomic E-state index is -4.57. The van der Waals surface area contributed by atoms with E-state index >= 15 is 0 Å². The molecule has 2 atom stereocenters. The summed E-state index contributed by atoms with van der Waals surface area (Å²) in [5.74, 6) is 0.119. The van der Waals surface area contributed by atoms with Crippen LogP contribution in [0.2, 0.25) is 0 Å². The van der Waals surface area contributed by atoms with Crippen LogP contribution in [-0.4, -0.2) is 65.5 Å². The lowest BCUT2D eigenvalue weighted by atomic mass is 10.0. The molecule has 0 amide bonds. The van der Waals surface area contributed by atoms with Gasteiger partial charge in [-0.2, -0.15) is 13.2 Å². The summed E-state index contributed by atoms with van der Waals surface area (Å²) in [5.41, 5.74) is -0.268. The van der Waals surface area contributed by atoms with E-state index in [1.165, 1.54) is 16.7 Å². The Morgan fingerprint density at radius 3 is 2.50 bits per heavy atom. The number of nitrogens with zero attached hydrogens (tertiary/aromatic N) is 4. The van der Waals surface area contributed by atoms with Crippen molar-refractivity contribution in [1.29, 1.82) is 0 Å². The number of alkyl halides is 3. The molecule has 0 aliphatic carbocycles. The Labute approximate surface area is 207 Å². The molecule has 0 spiro atoms. The van der Waals surface area contributed by atoms with Crippen molar-refractivity contribution in [3.63, 3.8) is 0 Å². The van der Waals surface area contributed by atoms with Gasteiger partial charge in [0.2, 0.25) is 0 Å². The van der Waals surface area contributed by atoms with E-state index in [2.05, 4.69) is 9.80 Å². The van der Waals surface area contributed by atoms with Gasteiger partial charge in [-0.1, -0.05) is 0 Å². The normalized spacial score (nSPS) is 23.3. The summed E-state index contributed by atoms with van der Waals surface area (Å²) < 4.78 is 53.9. The molecule has 36 heavy (non-hydrogen) atoms. The largest absolute Gasteiger partial charge is 0.416 e. The third kappa shape index (κ3) is 5.49. The van der Waals surface area contributed by atoms with Gasteiger partial charge in [0.15, 0.2) is 0 Å².